The van der Waals surface area contributed by atoms with Gasteiger partial charge in [-0.2, -0.15) is 18.3 Å². The molecule has 2 N–H and O–H groups in total. The van der Waals surface area contributed by atoms with Gasteiger partial charge in [-0.05, 0) is 44.4 Å². The van der Waals surface area contributed by atoms with Gasteiger partial charge in [0.25, 0.3) is 0 Å². The van der Waals surface area contributed by atoms with E-state index in [-0.39, 0.29) is 6.04 Å². The Morgan fingerprint density at radius 2 is 1.83 bits per heavy atom. The highest BCUT2D eigenvalue weighted by atomic mass is 19.4. The molecule has 0 bridgehead atoms. The molecule has 0 fully saturated rings. The van der Waals surface area contributed by atoms with E-state index in [1.165, 1.54) is 17.7 Å². The van der Waals surface area contributed by atoms with E-state index in [1.54, 1.807) is 13.1 Å². The molecule has 0 saturated heterocycles. The van der Waals surface area contributed by atoms with E-state index in [0.29, 0.717) is 18.1 Å². The maximum absolute atomic E-state index is 13.1. The molecule has 1 atom stereocenters. The van der Waals surface area contributed by atoms with Crippen LogP contribution in [0.5, 0.6) is 0 Å². The summed E-state index contributed by atoms with van der Waals surface area (Å²) in [5.74, 6) is 0.613. The minimum Gasteiger partial charge on any atom is -0.356 e. The Balaban J connectivity index is 2.02. The Kier molecular flexibility index (Phi) is 7.21. The molecule has 1 aromatic carbocycles. The maximum Gasteiger partial charge on any atom is 0.416 e. The topological polar surface area (TPSA) is 54.2 Å². The summed E-state index contributed by atoms with van der Waals surface area (Å²) in [6.07, 6.45) is -3.56. The van der Waals surface area contributed by atoms with Crippen LogP contribution >= 0.6 is 0 Å². The van der Waals surface area contributed by atoms with E-state index in [0.717, 1.165) is 23.9 Å². The van der Waals surface area contributed by atoms with Crippen molar-refractivity contribution in [1.29, 1.82) is 0 Å². The first-order valence-electron chi connectivity index (χ1n) is 9.99. The van der Waals surface area contributed by atoms with Crippen LogP contribution in [0.25, 0.3) is 0 Å². The highest BCUT2D eigenvalue weighted by Gasteiger charge is 2.32. The van der Waals surface area contributed by atoms with Crippen molar-refractivity contribution < 1.29 is 13.2 Å². The zero-order valence-corrected chi connectivity index (χ0v) is 18.8. The third-order valence-electron chi connectivity index (χ3n) is 5.45. The number of halogens is 3. The van der Waals surface area contributed by atoms with Crippen LogP contribution in [0.2, 0.25) is 0 Å². The molecular weight excluding hydrogens is 391 g/mol. The maximum atomic E-state index is 13.1. The zero-order valence-electron chi connectivity index (χ0n) is 18.8. The van der Waals surface area contributed by atoms with Gasteiger partial charge in [-0.1, -0.05) is 32.0 Å². The first-order valence-corrected chi connectivity index (χ1v) is 9.99. The first kappa shape index (κ1) is 23.8. The van der Waals surface area contributed by atoms with Gasteiger partial charge < -0.3 is 10.6 Å². The molecule has 166 valence electrons. The third-order valence-corrected chi connectivity index (χ3v) is 5.45. The van der Waals surface area contributed by atoms with Gasteiger partial charge in [-0.15, -0.1) is 0 Å². The van der Waals surface area contributed by atoms with Crippen LogP contribution in [0, 0.1) is 13.8 Å². The van der Waals surface area contributed by atoms with Crippen molar-refractivity contribution in [3.05, 3.63) is 52.3 Å². The Hall–Kier alpha value is -2.51. The number of guanidine groups is 1. The van der Waals surface area contributed by atoms with Gasteiger partial charge in [0.05, 0.1) is 11.3 Å². The number of rotatable bonds is 6. The molecule has 1 heterocycles. The standard InChI is InChI=1S/C22H32F3N5/c1-14(11-19-15(2)29-30(7)16(19)3)28-20(26-6)27-13-21(4,5)17-9-8-10-18(12-17)22(23,24)25/h8-10,12,14H,11,13H2,1-7H3,(H2,26,27,28). The molecular formula is C22H32F3N5. The molecule has 2 rings (SSSR count). The number of nitrogens with zero attached hydrogens (tertiary/aromatic N) is 3. The molecule has 5 nitrogen and oxygen atoms in total. The van der Waals surface area contributed by atoms with Gasteiger partial charge >= 0.3 is 6.18 Å². The third kappa shape index (κ3) is 5.77. The summed E-state index contributed by atoms with van der Waals surface area (Å²) in [6.45, 7) is 10.4. The van der Waals surface area contributed by atoms with Crippen molar-refractivity contribution in [2.75, 3.05) is 13.6 Å². The second-order valence-corrected chi connectivity index (χ2v) is 8.41. The predicted octanol–water partition coefficient (Wildman–Crippen LogP) is 4.13. The minimum atomic E-state index is -4.35. The van der Waals surface area contributed by atoms with Crippen LogP contribution in [0.3, 0.4) is 0 Å². The van der Waals surface area contributed by atoms with Gasteiger partial charge in [0.1, 0.15) is 0 Å². The molecule has 0 amide bonds. The summed E-state index contributed by atoms with van der Waals surface area (Å²) < 4.78 is 41.0. The van der Waals surface area contributed by atoms with Gasteiger partial charge in [0.15, 0.2) is 5.96 Å². The fourth-order valence-corrected chi connectivity index (χ4v) is 3.42. The van der Waals surface area contributed by atoms with Crippen molar-refractivity contribution >= 4 is 5.96 Å². The smallest absolute Gasteiger partial charge is 0.356 e. The average molecular weight is 424 g/mol. The normalized spacial score (nSPS) is 14.0. The van der Waals surface area contributed by atoms with E-state index in [2.05, 4.69) is 27.6 Å². The lowest BCUT2D eigenvalue weighted by atomic mass is 9.84. The summed E-state index contributed by atoms with van der Waals surface area (Å²) in [6, 6.07) is 5.60. The van der Waals surface area contributed by atoms with Crippen LogP contribution in [-0.4, -0.2) is 35.4 Å². The van der Waals surface area contributed by atoms with E-state index in [1.807, 2.05) is 39.4 Å². The van der Waals surface area contributed by atoms with Crippen LogP contribution in [0.4, 0.5) is 13.2 Å². The fraction of sp³-hybridized carbons (Fsp3) is 0.545. The molecule has 1 aromatic heterocycles. The Bertz CT molecular complexity index is 897. The molecule has 0 aliphatic carbocycles. The molecule has 0 aliphatic rings. The number of alkyl halides is 3. The van der Waals surface area contributed by atoms with E-state index >= 15 is 0 Å². The molecule has 2 aromatic rings. The summed E-state index contributed by atoms with van der Waals surface area (Å²) in [7, 11) is 3.61. The number of aromatic nitrogens is 2. The van der Waals surface area contributed by atoms with Crippen molar-refractivity contribution in [2.45, 2.75) is 58.7 Å². The summed E-state index contributed by atoms with van der Waals surface area (Å²) in [5.41, 5.74) is 2.82. The van der Waals surface area contributed by atoms with Gasteiger partial charge in [-0.3, -0.25) is 9.67 Å². The highest BCUT2D eigenvalue weighted by Crippen LogP contribution is 2.32. The Morgan fingerprint density at radius 1 is 1.20 bits per heavy atom. The Labute approximate surface area is 176 Å². The summed E-state index contributed by atoms with van der Waals surface area (Å²) in [4.78, 5) is 4.27. The number of nitrogens with one attached hydrogen (secondary N) is 2. The number of hydrogen-bond acceptors (Lipinski definition) is 2. The lowest BCUT2D eigenvalue weighted by Gasteiger charge is -2.28. The monoisotopic (exact) mass is 423 g/mol. The van der Waals surface area contributed by atoms with E-state index < -0.39 is 17.2 Å². The van der Waals surface area contributed by atoms with Crippen LogP contribution in [0.1, 0.15) is 48.8 Å². The van der Waals surface area contributed by atoms with E-state index in [9.17, 15) is 13.2 Å². The fourth-order valence-electron chi connectivity index (χ4n) is 3.42. The minimum absolute atomic E-state index is 0.106. The van der Waals surface area contributed by atoms with Gasteiger partial charge in [-0.25, -0.2) is 0 Å². The van der Waals surface area contributed by atoms with Gasteiger partial charge in [0, 0.05) is 37.8 Å². The van der Waals surface area contributed by atoms with Crippen LogP contribution < -0.4 is 10.6 Å². The Morgan fingerprint density at radius 3 is 2.37 bits per heavy atom. The van der Waals surface area contributed by atoms with Crippen molar-refractivity contribution in [3.8, 4) is 0 Å². The van der Waals surface area contributed by atoms with Crippen LogP contribution in [-0.2, 0) is 25.1 Å². The number of aryl methyl sites for hydroxylation is 2. The van der Waals surface area contributed by atoms with Crippen molar-refractivity contribution in [2.24, 2.45) is 12.0 Å². The zero-order chi connectivity index (χ0) is 22.7. The SMILES string of the molecule is CN=C(NCC(C)(C)c1cccc(C(F)(F)F)c1)NC(C)Cc1c(C)nn(C)c1C. The molecule has 0 aliphatic heterocycles. The summed E-state index contributed by atoms with van der Waals surface area (Å²) in [5, 5.41) is 11.1. The highest BCUT2D eigenvalue weighted by molar-refractivity contribution is 5.80. The number of aliphatic imine (C=N–C) groups is 1. The van der Waals surface area contributed by atoms with Gasteiger partial charge in [0.2, 0.25) is 0 Å². The molecule has 1 unspecified atom stereocenters. The lowest BCUT2D eigenvalue weighted by Crippen LogP contribution is -2.47. The predicted molar refractivity (Wildman–Crippen MR) is 115 cm³/mol. The lowest BCUT2D eigenvalue weighted by molar-refractivity contribution is -0.137. The van der Waals surface area contributed by atoms with E-state index in [4.69, 9.17) is 0 Å². The largest absolute Gasteiger partial charge is 0.416 e. The molecule has 30 heavy (non-hydrogen) atoms. The van der Waals surface area contributed by atoms with Crippen LogP contribution in [0.15, 0.2) is 29.3 Å². The molecule has 8 heteroatoms. The molecule has 0 saturated carbocycles. The second kappa shape index (κ2) is 9.10. The first-order chi connectivity index (χ1) is 13.8. The molecule has 0 radical (unpaired) electrons. The summed E-state index contributed by atoms with van der Waals surface area (Å²) >= 11 is 0. The van der Waals surface area contributed by atoms with Crippen molar-refractivity contribution in [1.82, 2.24) is 20.4 Å². The quantitative estimate of drug-likeness (QED) is 0.543. The van der Waals surface area contributed by atoms with Crippen molar-refractivity contribution in [3.63, 3.8) is 0 Å². The average Bonchev–Trinajstić information content (AvgIpc) is 2.90. The molecule has 0 spiro atoms. The number of benzene rings is 1. The number of hydrogen-bond donors (Lipinski definition) is 2. The second-order valence-electron chi connectivity index (χ2n) is 8.41.